The second kappa shape index (κ2) is 5.70. The molecule has 0 unspecified atom stereocenters. The minimum absolute atomic E-state index is 0.176. The molecule has 1 aliphatic rings. The molecule has 1 rings (SSSR count). The van der Waals surface area contributed by atoms with Crippen molar-refractivity contribution in [1.82, 2.24) is 10.2 Å². The molecule has 1 saturated heterocycles. The molecule has 1 aliphatic heterocycles. The third kappa shape index (κ3) is 3.41. The van der Waals surface area contributed by atoms with Crippen molar-refractivity contribution in [3.8, 4) is 0 Å². The Hall–Kier alpha value is -0.970. The van der Waals surface area contributed by atoms with E-state index in [9.17, 15) is 9.59 Å². The summed E-state index contributed by atoms with van der Waals surface area (Å²) in [4.78, 5) is 23.7. The van der Waals surface area contributed by atoms with Gasteiger partial charge in [0.05, 0.1) is 0 Å². The van der Waals surface area contributed by atoms with Crippen molar-refractivity contribution < 1.29 is 9.59 Å². The zero-order valence-corrected chi connectivity index (χ0v) is 8.81. The fraction of sp³-hybridized carbons (Fsp3) is 0.556. The van der Waals surface area contributed by atoms with Gasteiger partial charge in [0.2, 0.25) is 5.91 Å². The van der Waals surface area contributed by atoms with Crippen LogP contribution in [0.25, 0.3) is 0 Å². The predicted octanol–water partition coefficient (Wildman–Crippen LogP) is 0.847. The number of carbonyl (C=O) groups is 2. The summed E-state index contributed by atoms with van der Waals surface area (Å²) in [5.41, 5.74) is 0. The van der Waals surface area contributed by atoms with E-state index in [0.717, 1.165) is 11.5 Å². The van der Waals surface area contributed by atoms with E-state index >= 15 is 0 Å². The number of nitrogens with zero attached hydrogens (tertiary/aromatic N) is 1. The largest absolute Gasteiger partial charge is 0.324 e. The maximum Gasteiger partial charge on any atom is 0.324 e. The number of imide groups is 1. The van der Waals surface area contributed by atoms with Crippen LogP contribution in [0, 0.1) is 0 Å². The first-order valence-electron chi connectivity index (χ1n) is 4.51. The molecule has 1 N–H and O–H groups in total. The molecule has 0 aliphatic carbocycles. The van der Waals surface area contributed by atoms with E-state index in [4.69, 9.17) is 0 Å². The van der Waals surface area contributed by atoms with Crippen molar-refractivity contribution >= 4 is 23.7 Å². The van der Waals surface area contributed by atoms with Gasteiger partial charge in [-0.3, -0.25) is 10.1 Å². The van der Waals surface area contributed by atoms with Crippen LogP contribution in [0.15, 0.2) is 12.7 Å². The van der Waals surface area contributed by atoms with E-state index in [2.05, 4.69) is 11.9 Å². The molecule has 1 fully saturated rings. The molecule has 3 amide bonds. The van der Waals surface area contributed by atoms with Gasteiger partial charge in [0.1, 0.15) is 0 Å². The number of hydrogen-bond acceptors (Lipinski definition) is 3. The van der Waals surface area contributed by atoms with Crippen molar-refractivity contribution in [1.29, 1.82) is 0 Å². The lowest BCUT2D eigenvalue weighted by Gasteiger charge is -2.26. The van der Waals surface area contributed by atoms with E-state index in [-0.39, 0.29) is 11.9 Å². The molecule has 0 aromatic rings. The lowest BCUT2D eigenvalue weighted by Crippen LogP contribution is -2.50. The summed E-state index contributed by atoms with van der Waals surface area (Å²) in [5.74, 6) is 1.60. The molecule has 0 atom stereocenters. The summed E-state index contributed by atoms with van der Waals surface area (Å²) in [6.45, 7) is 4.84. The van der Waals surface area contributed by atoms with Crippen LogP contribution in [-0.4, -0.2) is 41.4 Å². The number of urea groups is 1. The first-order chi connectivity index (χ1) is 6.74. The van der Waals surface area contributed by atoms with Gasteiger partial charge < -0.3 is 4.90 Å². The molecule has 0 aromatic heterocycles. The highest BCUT2D eigenvalue weighted by atomic mass is 32.2. The molecular weight excluding hydrogens is 200 g/mol. The summed E-state index contributed by atoms with van der Waals surface area (Å²) in [7, 11) is 0. The van der Waals surface area contributed by atoms with Crippen LogP contribution < -0.4 is 5.32 Å². The van der Waals surface area contributed by atoms with Crippen LogP contribution in [0.4, 0.5) is 4.79 Å². The first kappa shape index (κ1) is 11.1. The van der Waals surface area contributed by atoms with E-state index in [1.165, 1.54) is 0 Å². The Morgan fingerprint density at radius 2 is 2.36 bits per heavy atom. The maximum atomic E-state index is 11.2. The minimum atomic E-state index is -0.263. The molecule has 1 heterocycles. The molecule has 78 valence electrons. The molecule has 0 radical (unpaired) electrons. The highest BCUT2D eigenvalue weighted by Crippen LogP contribution is 2.04. The van der Waals surface area contributed by atoms with Crippen LogP contribution in [-0.2, 0) is 4.79 Å². The summed E-state index contributed by atoms with van der Waals surface area (Å²) in [5, 5.41) is 2.29. The zero-order valence-electron chi connectivity index (χ0n) is 7.99. The fourth-order valence-corrected chi connectivity index (χ4v) is 1.84. The average molecular weight is 214 g/mol. The Kier molecular flexibility index (Phi) is 4.52. The van der Waals surface area contributed by atoms with Gasteiger partial charge in [0.25, 0.3) is 0 Å². The third-order valence-electron chi connectivity index (χ3n) is 1.88. The highest BCUT2D eigenvalue weighted by Gasteiger charge is 2.21. The normalized spacial score (nSPS) is 16.7. The van der Waals surface area contributed by atoms with Gasteiger partial charge >= 0.3 is 6.03 Å². The molecule has 0 saturated carbocycles. The number of thioether (sulfide) groups is 1. The fourth-order valence-electron chi connectivity index (χ4n) is 1.15. The molecule has 4 nitrogen and oxygen atoms in total. The Bertz CT molecular complexity index is 243. The zero-order chi connectivity index (χ0) is 10.4. The van der Waals surface area contributed by atoms with Crippen LogP contribution >= 0.6 is 11.8 Å². The quantitative estimate of drug-likeness (QED) is 0.545. The second-order valence-electron chi connectivity index (χ2n) is 2.95. The number of hydrogen-bond donors (Lipinski definition) is 1. The van der Waals surface area contributed by atoms with E-state index in [1.54, 1.807) is 16.7 Å². The smallest absolute Gasteiger partial charge is 0.323 e. The number of rotatable bonds is 5. The van der Waals surface area contributed by atoms with Gasteiger partial charge in [0, 0.05) is 31.0 Å². The molecule has 14 heavy (non-hydrogen) atoms. The standard InChI is InChI=1S/C9H14N2O2S/c1-2-6-14-7-5-11-4-3-8(12)10-9(11)13/h2H,1,3-7H2,(H,10,12,13). The number of carbonyl (C=O) groups excluding carboxylic acids is 2. The molecule has 0 bridgehead atoms. The lowest BCUT2D eigenvalue weighted by molar-refractivity contribution is -0.121. The van der Waals surface area contributed by atoms with Crippen molar-refractivity contribution in [2.75, 3.05) is 24.6 Å². The molecule has 5 heteroatoms. The lowest BCUT2D eigenvalue weighted by atomic mass is 10.3. The average Bonchev–Trinajstić information content (AvgIpc) is 2.15. The number of amides is 3. The van der Waals surface area contributed by atoms with Gasteiger partial charge in [-0.05, 0) is 0 Å². The maximum absolute atomic E-state index is 11.2. The van der Waals surface area contributed by atoms with Crippen molar-refractivity contribution in [3.05, 3.63) is 12.7 Å². The van der Waals surface area contributed by atoms with Gasteiger partial charge in [-0.1, -0.05) is 6.08 Å². The summed E-state index contributed by atoms with van der Waals surface area (Å²) in [6, 6.07) is -0.263. The Morgan fingerprint density at radius 3 is 3.00 bits per heavy atom. The second-order valence-corrected chi connectivity index (χ2v) is 4.10. The van der Waals surface area contributed by atoms with Crippen LogP contribution in [0.5, 0.6) is 0 Å². The monoisotopic (exact) mass is 214 g/mol. The Labute approximate surface area is 87.7 Å². The van der Waals surface area contributed by atoms with Crippen LogP contribution in [0.1, 0.15) is 6.42 Å². The summed E-state index contributed by atoms with van der Waals surface area (Å²) >= 11 is 1.73. The van der Waals surface area contributed by atoms with Gasteiger partial charge in [-0.25, -0.2) is 4.79 Å². The van der Waals surface area contributed by atoms with E-state index in [1.807, 2.05) is 6.08 Å². The summed E-state index contributed by atoms with van der Waals surface area (Å²) in [6.07, 6.45) is 2.25. The van der Waals surface area contributed by atoms with E-state index < -0.39 is 0 Å². The van der Waals surface area contributed by atoms with Crippen molar-refractivity contribution in [2.24, 2.45) is 0 Å². The first-order valence-corrected chi connectivity index (χ1v) is 5.67. The third-order valence-corrected chi connectivity index (χ3v) is 2.83. The van der Waals surface area contributed by atoms with Gasteiger partial charge in [-0.15, -0.1) is 6.58 Å². The van der Waals surface area contributed by atoms with E-state index in [0.29, 0.717) is 19.5 Å². The van der Waals surface area contributed by atoms with Gasteiger partial charge in [0.15, 0.2) is 0 Å². The molecule has 0 spiro atoms. The Balaban J connectivity index is 2.20. The molecule has 0 aromatic carbocycles. The SMILES string of the molecule is C=CCSCCN1CCC(=O)NC1=O. The van der Waals surface area contributed by atoms with Crippen molar-refractivity contribution in [3.63, 3.8) is 0 Å². The highest BCUT2D eigenvalue weighted by molar-refractivity contribution is 7.99. The minimum Gasteiger partial charge on any atom is -0.323 e. The number of nitrogens with one attached hydrogen (secondary N) is 1. The van der Waals surface area contributed by atoms with Gasteiger partial charge in [-0.2, -0.15) is 11.8 Å². The summed E-state index contributed by atoms with van der Waals surface area (Å²) < 4.78 is 0. The predicted molar refractivity (Wildman–Crippen MR) is 57.3 cm³/mol. The van der Waals surface area contributed by atoms with Crippen LogP contribution in [0.3, 0.4) is 0 Å². The van der Waals surface area contributed by atoms with Crippen molar-refractivity contribution in [2.45, 2.75) is 6.42 Å². The topological polar surface area (TPSA) is 49.4 Å². The van der Waals surface area contributed by atoms with Crippen LogP contribution in [0.2, 0.25) is 0 Å². The Morgan fingerprint density at radius 1 is 1.57 bits per heavy atom. The molecular formula is C9H14N2O2S.